The highest BCUT2D eigenvalue weighted by molar-refractivity contribution is 5.94. The van der Waals surface area contributed by atoms with Gasteiger partial charge in [-0.25, -0.2) is 14.6 Å². The van der Waals surface area contributed by atoms with Gasteiger partial charge < -0.3 is 19.5 Å². The molecule has 0 aliphatic carbocycles. The molecule has 166 valence electrons. The SMILES string of the molecule is CCN(CC)C(=O)Cn1ncc2c(-c3ccc4nc[nH]c4c3)nc(N3CCOCC3)nc21. The fourth-order valence-electron chi connectivity index (χ4n) is 4.07. The first kappa shape index (κ1) is 20.4. The van der Waals surface area contributed by atoms with Gasteiger partial charge in [0.15, 0.2) is 5.65 Å². The molecule has 0 radical (unpaired) electrons. The number of H-pyrrole nitrogens is 1. The van der Waals surface area contributed by atoms with E-state index in [1.807, 2.05) is 32.0 Å². The second-order valence-corrected chi connectivity index (χ2v) is 7.71. The largest absolute Gasteiger partial charge is 0.378 e. The molecule has 5 rings (SSSR count). The summed E-state index contributed by atoms with van der Waals surface area (Å²) in [7, 11) is 0. The van der Waals surface area contributed by atoms with Crippen molar-refractivity contribution in [1.29, 1.82) is 0 Å². The molecule has 0 bridgehead atoms. The van der Waals surface area contributed by atoms with Gasteiger partial charge in [-0.3, -0.25) is 4.79 Å². The van der Waals surface area contributed by atoms with Crippen molar-refractivity contribution in [1.82, 2.24) is 34.6 Å². The van der Waals surface area contributed by atoms with Crippen molar-refractivity contribution in [2.75, 3.05) is 44.3 Å². The number of imidazole rings is 1. The molecule has 32 heavy (non-hydrogen) atoms. The number of ether oxygens (including phenoxy) is 1. The Morgan fingerprint density at radius 1 is 1.19 bits per heavy atom. The van der Waals surface area contributed by atoms with Crippen LogP contribution in [0.1, 0.15) is 13.8 Å². The number of anilines is 1. The fourth-order valence-corrected chi connectivity index (χ4v) is 4.07. The molecule has 0 atom stereocenters. The average Bonchev–Trinajstić information content (AvgIpc) is 3.46. The number of benzene rings is 1. The summed E-state index contributed by atoms with van der Waals surface area (Å²) in [6, 6.07) is 6.01. The molecular formula is C22H26N8O2. The second kappa shape index (κ2) is 8.54. The van der Waals surface area contributed by atoms with Gasteiger partial charge in [-0.1, -0.05) is 6.07 Å². The molecule has 1 N–H and O–H groups in total. The lowest BCUT2D eigenvalue weighted by atomic mass is 10.1. The third-order valence-electron chi connectivity index (χ3n) is 5.87. The van der Waals surface area contributed by atoms with Gasteiger partial charge in [-0.05, 0) is 26.0 Å². The molecule has 1 aliphatic rings. The number of carbonyl (C=O) groups is 1. The number of rotatable bonds is 6. The number of hydrogen-bond donors (Lipinski definition) is 1. The molecular weight excluding hydrogens is 408 g/mol. The van der Waals surface area contributed by atoms with Crippen LogP contribution in [-0.2, 0) is 16.1 Å². The van der Waals surface area contributed by atoms with Crippen LogP contribution in [0.25, 0.3) is 33.3 Å². The molecule has 0 unspecified atom stereocenters. The number of hydrogen-bond acceptors (Lipinski definition) is 7. The first-order valence-corrected chi connectivity index (χ1v) is 11.0. The summed E-state index contributed by atoms with van der Waals surface area (Å²) in [5.74, 6) is 0.643. The highest BCUT2D eigenvalue weighted by Gasteiger charge is 2.21. The van der Waals surface area contributed by atoms with Crippen molar-refractivity contribution in [3.8, 4) is 11.3 Å². The summed E-state index contributed by atoms with van der Waals surface area (Å²) >= 11 is 0. The quantitative estimate of drug-likeness (QED) is 0.495. The third kappa shape index (κ3) is 3.66. The van der Waals surface area contributed by atoms with Crippen molar-refractivity contribution in [2.24, 2.45) is 0 Å². The van der Waals surface area contributed by atoms with Crippen molar-refractivity contribution in [3.63, 3.8) is 0 Å². The van der Waals surface area contributed by atoms with Crippen LogP contribution in [-0.4, -0.2) is 79.9 Å². The summed E-state index contributed by atoms with van der Waals surface area (Å²) in [5.41, 5.74) is 4.22. The second-order valence-electron chi connectivity index (χ2n) is 7.71. The van der Waals surface area contributed by atoms with Crippen LogP contribution in [0.15, 0.2) is 30.7 Å². The highest BCUT2D eigenvalue weighted by atomic mass is 16.5. The van der Waals surface area contributed by atoms with E-state index in [0.29, 0.717) is 37.9 Å². The monoisotopic (exact) mass is 434 g/mol. The van der Waals surface area contributed by atoms with E-state index >= 15 is 0 Å². The van der Waals surface area contributed by atoms with Crippen LogP contribution >= 0.6 is 0 Å². The molecule has 1 fully saturated rings. The first-order valence-electron chi connectivity index (χ1n) is 11.0. The lowest BCUT2D eigenvalue weighted by molar-refractivity contribution is -0.131. The summed E-state index contributed by atoms with van der Waals surface area (Å²) in [6.45, 7) is 8.14. The Labute approximate surface area is 185 Å². The molecule has 10 nitrogen and oxygen atoms in total. The van der Waals surface area contributed by atoms with E-state index in [1.54, 1.807) is 22.1 Å². The number of amides is 1. The van der Waals surface area contributed by atoms with E-state index in [9.17, 15) is 4.79 Å². The van der Waals surface area contributed by atoms with E-state index in [4.69, 9.17) is 14.7 Å². The van der Waals surface area contributed by atoms with Crippen molar-refractivity contribution < 1.29 is 9.53 Å². The van der Waals surface area contributed by atoms with E-state index < -0.39 is 0 Å². The highest BCUT2D eigenvalue weighted by Crippen LogP contribution is 2.30. The smallest absolute Gasteiger partial charge is 0.244 e. The number of nitrogens with one attached hydrogen (secondary N) is 1. The van der Waals surface area contributed by atoms with Gasteiger partial charge >= 0.3 is 0 Å². The molecule has 1 aromatic carbocycles. The Hall–Kier alpha value is -3.53. The van der Waals surface area contributed by atoms with Crippen LogP contribution in [0.3, 0.4) is 0 Å². The summed E-state index contributed by atoms with van der Waals surface area (Å²) in [6.07, 6.45) is 3.43. The first-order chi connectivity index (χ1) is 15.7. The van der Waals surface area contributed by atoms with Crippen LogP contribution in [0.2, 0.25) is 0 Å². The Bertz CT molecular complexity index is 1250. The maximum Gasteiger partial charge on any atom is 0.244 e. The number of morpholine rings is 1. The third-order valence-corrected chi connectivity index (χ3v) is 5.87. The number of carbonyl (C=O) groups excluding carboxylic acids is 1. The Morgan fingerprint density at radius 2 is 2.00 bits per heavy atom. The minimum Gasteiger partial charge on any atom is -0.378 e. The van der Waals surface area contributed by atoms with E-state index in [1.165, 1.54) is 0 Å². The van der Waals surface area contributed by atoms with Gasteiger partial charge in [0.1, 0.15) is 6.54 Å². The average molecular weight is 435 g/mol. The molecule has 4 aromatic rings. The van der Waals surface area contributed by atoms with Crippen LogP contribution in [0.5, 0.6) is 0 Å². The van der Waals surface area contributed by atoms with Gasteiger partial charge in [0, 0.05) is 31.7 Å². The fraction of sp³-hybridized carbons (Fsp3) is 0.409. The Morgan fingerprint density at radius 3 is 2.78 bits per heavy atom. The Kier molecular flexibility index (Phi) is 5.44. The maximum absolute atomic E-state index is 12.8. The maximum atomic E-state index is 12.8. The minimum atomic E-state index is 0.0203. The van der Waals surface area contributed by atoms with E-state index in [2.05, 4.69) is 20.0 Å². The van der Waals surface area contributed by atoms with Crippen molar-refractivity contribution in [2.45, 2.75) is 20.4 Å². The lowest BCUT2D eigenvalue weighted by Crippen LogP contribution is -2.37. The molecule has 10 heteroatoms. The molecule has 0 saturated carbocycles. The number of likely N-dealkylation sites (N-methyl/N-ethyl adjacent to an activating group) is 1. The topological polar surface area (TPSA) is 105 Å². The van der Waals surface area contributed by atoms with Crippen LogP contribution in [0.4, 0.5) is 5.95 Å². The molecule has 0 spiro atoms. The van der Waals surface area contributed by atoms with Gasteiger partial charge in [0.25, 0.3) is 0 Å². The lowest BCUT2D eigenvalue weighted by Gasteiger charge is -2.27. The van der Waals surface area contributed by atoms with Gasteiger partial charge in [0.05, 0.1) is 47.9 Å². The zero-order chi connectivity index (χ0) is 22.1. The van der Waals surface area contributed by atoms with Crippen molar-refractivity contribution >= 4 is 33.9 Å². The number of nitrogens with zero attached hydrogens (tertiary/aromatic N) is 7. The van der Waals surface area contributed by atoms with Crippen LogP contribution < -0.4 is 4.90 Å². The molecule has 1 saturated heterocycles. The van der Waals surface area contributed by atoms with E-state index in [0.717, 1.165) is 40.8 Å². The van der Waals surface area contributed by atoms with Crippen molar-refractivity contribution in [3.05, 3.63) is 30.7 Å². The molecule has 4 heterocycles. The summed E-state index contributed by atoms with van der Waals surface area (Å²) in [5, 5.41) is 5.33. The standard InChI is InChI=1S/C22H26N8O2/c1-3-28(4-2)19(31)13-30-21-16(12-25-30)20(15-5-6-17-18(11-15)24-14-23-17)26-22(27-21)29-7-9-32-10-8-29/h5-6,11-12,14H,3-4,7-10,13H2,1-2H3,(H,23,24). The number of aromatic nitrogens is 6. The minimum absolute atomic E-state index is 0.0203. The predicted molar refractivity (Wildman–Crippen MR) is 121 cm³/mol. The number of aromatic amines is 1. The van der Waals surface area contributed by atoms with E-state index in [-0.39, 0.29) is 12.5 Å². The zero-order valence-electron chi connectivity index (χ0n) is 18.3. The Balaban J connectivity index is 1.63. The van der Waals surface area contributed by atoms with Gasteiger partial charge in [-0.2, -0.15) is 10.1 Å². The predicted octanol–water partition coefficient (Wildman–Crippen LogP) is 2.07. The molecule has 1 aliphatic heterocycles. The van der Waals surface area contributed by atoms with Gasteiger partial charge in [0.2, 0.25) is 11.9 Å². The molecule has 1 amide bonds. The normalized spacial score (nSPS) is 14.4. The van der Waals surface area contributed by atoms with Crippen LogP contribution in [0, 0.1) is 0 Å². The number of fused-ring (bicyclic) bond motifs is 2. The summed E-state index contributed by atoms with van der Waals surface area (Å²) in [4.78, 5) is 33.9. The summed E-state index contributed by atoms with van der Waals surface area (Å²) < 4.78 is 7.18. The zero-order valence-corrected chi connectivity index (χ0v) is 18.3. The molecule has 3 aromatic heterocycles. The van der Waals surface area contributed by atoms with Gasteiger partial charge in [-0.15, -0.1) is 0 Å².